The van der Waals surface area contributed by atoms with Gasteiger partial charge < -0.3 is 15.2 Å². The first kappa shape index (κ1) is 18.4. The summed E-state index contributed by atoms with van der Waals surface area (Å²) in [6.45, 7) is 5.57. The van der Waals surface area contributed by atoms with Gasteiger partial charge in [0.25, 0.3) is 5.91 Å². The van der Waals surface area contributed by atoms with Crippen molar-refractivity contribution in [3.63, 3.8) is 0 Å². The summed E-state index contributed by atoms with van der Waals surface area (Å²) in [5, 5.41) is 14.4. The Morgan fingerprint density at radius 3 is 2.59 bits per heavy atom. The lowest BCUT2D eigenvalue weighted by molar-refractivity contribution is 0.0976. The molecule has 6 heteroatoms. The number of amides is 1. The van der Waals surface area contributed by atoms with Crippen LogP contribution in [0.25, 0.3) is 0 Å². The van der Waals surface area contributed by atoms with Gasteiger partial charge in [-0.15, -0.1) is 0 Å². The molecule has 3 N–H and O–H groups in total. The maximum absolute atomic E-state index is 12.0. The predicted octanol–water partition coefficient (Wildman–Crippen LogP) is 2.10. The van der Waals surface area contributed by atoms with Gasteiger partial charge in [-0.25, -0.2) is 0 Å². The molecule has 1 aromatic rings. The van der Waals surface area contributed by atoms with Crippen molar-refractivity contribution in [1.29, 1.82) is 0 Å². The molecule has 0 unspecified atom stereocenters. The number of benzene rings is 1. The highest BCUT2D eigenvalue weighted by Gasteiger charge is 2.07. The number of nitrogens with one attached hydrogen (secondary N) is 2. The van der Waals surface area contributed by atoms with Crippen molar-refractivity contribution in [2.24, 2.45) is 5.92 Å². The Bertz CT molecular complexity index is 475. The van der Waals surface area contributed by atoms with Crippen LogP contribution in [0.3, 0.4) is 0 Å². The van der Waals surface area contributed by atoms with Crippen molar-refractivity contribution in [3.05, 3.63) is 29.8 Å². The fraction of sp³-hybridized carbons (Fsp3) is 0.500. The van der Waals surface area contributed by atoms with E-state index in [4.69, 9.17) is 22.1 Å². The number of carbonyl (C=O) groups is 1. The second-order valence-corrected chi connectivity index (χ2v) is 5.75. The maximum atomic E-state index is 12.0. The number of aliphatic hydroxyl groups excluding tert-OH is 1. The smallest absolute Gasteiger partial charge is 0.257 e. The van der Waals surface area contributed by atoms with Crippen molar-refractivity contribution in [1.82, 2.24) is 10.6 Å². The summed E-state index contributed by atoms with van der Waals surface area (Å²) in [6.07, 6.45) is 1.58. The molecule has 0 aliphatic heterocycles. The van der Waals surface area contributed by atoms with Gasteiger partial charge in [0, 0.05) is 18.7 Å². The monoisotopic (exact) mass is 324 g/mol. The standard InChI is InChI=1S/C16H24N2O3S/c1-12(2)8-11-21-14-6-4-13(5-7-14)15(20)18-16(22)17-9-3-10-19/h4-7,12,19H,3,8-11H2,1-2H3,(H2,17,18,20,22). The van der Waals surface area contributed by atoms with Gasteiger partial charge in [-0.1, -0.05) is 13.8 Å². The molecule has 0 aliphatic rings. The van der Waals surface area contributed by atoms with E-state index in [1.165, 1.54) is 0 Å². The molecule has 1 rings (SSSR count). The summed E-state index contributed by atoms with van der Waals surface area (Å²) in [7, 11) is 0. The molecule has 0 fully saturated rings. The third-order valence-corrected chi connectivity index (χ3v) is 3.17. The number of rotatable bonds is 8. The van der Waals surface area contributed by atoms with E-state index in [1.807, 2.05) is 0 Å². The molecule has 0 atom stereocenters. The van der Waals surface area contributed by atoms with Crippen LogP contribution in [0.4, 0.5) is 0 Å². The SMILES string of the molecule is CC(C)CCOc1ccc(C(=O)NC(=S)NCCCO)cc1. The van der Waals surface area contributed by atoms with E-state index < -0.39 is 0 Å². The van der Waals surface area contributed by atoms with E-state index >= 15 is 0 Å². The highest BCUT2D eigenvalue weighted by molar-refractivity contribution is 7.80. The highest BCUT2D eigenvalue weighted by Crippen LogP contribution is 2.13. The van der Waals surface area contributed by atoms with Gasteiger partial charge in [0.15, 0.2) is 5.11 Å². The lowest BCUT2D eigenvalue weighted by Gasteiger charge is -2.10. The zero-order valence-corrected chi connectivity index (χ0v) is 13.9. The molecule has 0 radical (unpaired) electrons. The minimum atomic E-state index is -0.268. The number of hydrogen-bond acceptors (Lipinski definition) is 4. The van der Waals surface area contributed by atoms with Crippen LogP contribution >= 0.6 is 12.2 Å². The summed E-state index contributed by atoms with van der Waals surface area (Å²) in [5.41, 5.74) is 0.516. The Labute approximate surface area is 137 Å². The van der Waals surface area contributed by atoms with Gasteiger partial charge in [-0.2, -0.15) is 0 Å². The zero-order chi connectivity index (χ0) is 16.4. The fourth-order valence-electron chi connectivity index (χ4n) is 1.62. The molecule has 0 spiro atoms. The molecular formula is C16H24N2O3S. The zero-order valence-electron chi connectivity index (χ0n) is 13.1. The molecule has 0 bridgehead atoms. The molecule has 0 aliphatic carbocycles. The van der Waals surface area contributed by atoms with E-state index in [9.17, 15) is 4.79 Å². The van der Waals surface area contributed by atoms with E-state index in [0.717, 1.165) is 12.2 Å². The Hall–Kier alpha value is -1.66. The van der Waals surface area contributed by atoms with Crippen LogP contribution in [-0.2, 0) is 0 Å². The minimum Gasteiger partial charge on any atom is -0.494 e. The minimum absolute atomic E-state index is 0.0851. The van der Waals surface area contributed by atoms with Crippen LogP contribution < -0.4 is 15.4 Å². The largest absolute Gasteiger partial charge is 0.494 e. The quantitative estimate of drug-likeness (QED) is 0.505. The number of hydrogen-bond donors (Lipinski definition) is 3. The highest BCUT2D eigenvalue weighted by atomic mass is 32.1. The average Bonchev–Trinajstić information content (AvgIpc) is 2.47. The van der Waals surface area contributed by atoms with Crippen LogP contribution in [0.15, 0.2) is 24.3 Å². The third kappa shape index (κ3) is 7.38. The van der Waals surface area contributed by atoms with Gasteiger partial charge in [0.1, 0.15) is 5.75 Å². The molecule has 0 heterocycles. The molecule has 1 aromatic carbocycles. The van der Waals surface area contributed by atoms with E-state index in [0.29, 0.717) is 31.1 Å². The Kier molecular flexibility index (Phi) is 8.47. The summed E-state index contributed by atoms with van der Waals surface area (Å²) < 4.78 is 5.60. The van der Waals surface area contributed by atoms with Crippen LogP contribution in [0.1, 0.15) is 37.0 Å². The van der Waals surface area contributed by atoms with Crippen molar-refractivity contribution in [3.8, 4) is 5.75 Å². The average molecular weight is 324 g/mol. The number of aliphatic hydroxyl groups is 1. The van der Waals surface area contributed by atoms with Gasteiger partial charge in [0.2, 0.25) is 0 Å². The molecule has 0 saturated heterocycles. The first-order chi connectivity index (χ1) is 10.5. The lowest BCUT2D eigenvalue weighted by atomic mass is 10.1. The van der Waals surface area contributed by atoms with Crippen molar-refractivity contribution < 1.29 is 14.6 Å². The third-order valence-electron chi connectivity index (χ3n) is 2.93. The first-order valence-electron chi connectivity index (χ1n) is 7.46. The van der Waals surface area contributed by atoms with Crippen LogP contribution in [0.2, 0.25) is 0 Å². The normalized spacial score (nSPS) is 10.4. The summed E-state index contributed by atoms with van der Waals surface area (Å²) in [5.74, 6) is 1.08. The van der Waals surface area contributed by atoms with Gasteiger partial charge in [-0.3, -0.25) is 10.1 Å². The van der Waals surface area contributed by atoms with Gasteiger partial charge in [0.05, 0.1) is 6.61 Å². The van der Waals surface area contributed by atoms with Crippen LogP contribution in [0.5, 0.6) is 5.75 Å². The van der Waals surface area contributed by atoms with E-state index in [-0.39, 0.29) is 17.6 Å². The van der Waals surface area contributed by atoms with Crippen LogP contribution in [-0.4, -0.2) is 35.9 Å². The topological polar surface area (TPSA) is 70.6 Å². The summed E-state index contributed by atoms with van der Waals surface area (Å²) in [6, 6.07) is 6.96. The predicted molar refractivity (Wildman–Crippen MR) is 91.2 cm³/mol. The molecule has 5 nitrogen and oxygen atoms in total. The molecular weight excluding hydrogens is 300 g/mol. The Morgan fingerprint density at radius 1 is 1.32 bits per heavy atom. The second-order valence-electron chi connectivity index (χ2n) is 5.34. The molecule has 122 valence electrons. The maximum Gasteiger partial charge on any atom is 0.257 e. The van der Waals surface area contributed by atoms with Crippen molar-refractivity contribution in [2.45, 2.75) is 26.7 Å². The number of carbonyl (C=O) groups excluding carboxylic acids is 1. The Balaban J connectivity index is 2.41. The van der Waals surface area contributed by atoms with Crippen molar-refractivity contribution in [2.75, 3.05) is 19.8 Å². The van der Waals surface area contributed by atoms with Crippen LogP contribution in [0, 0.1) is 5.92 Å². The fourth-order valence-corrected chi connectivity index (χ4v) is 1.81. The molecule has 22 heavy (non-hydrogen) atoms. The summed E-state index contributed by atoms with van der Waals surface area (Å²) >= 11 is 5.00. The van der Waals surface area contributed by atoms with Crippen molar-refractivity contribution >= 4 is 23.2 Å². The molecule has 0 saturated carbocycles. The van der Waals surface area contributed by atoms with Gasteiger partial charge >= 0.3 is 0 Å². The number of thiocarbonyl (C=S) groups is 1. The molecule has 0 aromatic heterocycles. The Morgan fingerprint density at radius 2 is 2.00 bits per heavy atom. The lowest BCUT2D eigenvalue weighted by Crippen LogP contribution is -2.39. The second kappa shape index (κ2) is 10.1. The molecule has 1 amide bonds. The van der Waals surface area contributed by atoms with Gasteiger partial charge in [-0.05, 0) is 55.2 Å². The van der Waals surface area contributed by atoms with E-state index in [2.05, 4.69) is 24.5 Å². The first-order valence-corrected chi connectivity index (χ1v) is 7.86. The number of ether oxygens (including phenoxy) is 1. The van der Waals surface area contributed by atoms with E-state index in [1.54, 1.807) is 24.3 Å². The summed E-state index contributed by atoms with van der Waals surface area (Å²) in [4.78, 5) is 12.0.